The molecule has 37 heavy (non-hydrogen) atoms. The molecule has 2 aromatic carbocycles. The molecular weight excluding hydrogens is 470 g/mol. The largest absolute Gasteiger partial charge is 0.872 e. The van der Waals surface area contributed by atoms with Crippen LogP contribution in [0.25, 0.3) is 33.4 Å². The third-order valence-corrected chi connectivity index (χ3v) is 7.45. The van der Waals surface area contributed by atoms with Crippen molar-refractivity contribution >= 4 is 28.0 Å². The molecule has 0 bridgehead atoms. The quantitative estimate of drug-likeness (QED) is 0.406. The number of aryl methyl sites for hydroxylation is 2. The molecule has 1 aliphatic rings. The number of aromatic nitrogens is 2. The average molecular weight is 504 g/mol. The number of likely N-dealkylation sites (tertiary alicyclic amines) is 1. The molecule has 1 aliphatic heterocycles. The first kappa shape index (κ1) is 25.0. The van der Waals surface area contributed by atoms with Gasteiger partial charge in [0.2, 0.25) is 11.2 Å². The van der Waals surface area contributed by atoms with Crippen LogP contribution in [-0.2, 0) is 24.8 Å². The van der Waals surface area contributed by atoms with Gasteiger partial charge in [-0.1, -0.05) is 37.3 Å². The van der Waals surface area contributed by atoms with Gasteiger partial charge in [0, 0.05) is 18.5 Å². The fourth-order valence-corrected chi connectivity index (χ4v) is 5.58. The van der Waals surface area contributed by atoms with Crippen LogP contribution in [0.15, 0.2) is 39.5 Å². The fraction of sp³-hybridized carbons (Fsp3) is 0.414. The second kappa shape index (κ2) is 10.0. The van der Waals surface area contributed by atoms with E-state index in [9.17, 15) is 14.7 Å². The Balaban J connectivity index is 1.80. The number of ether oxygens (including phenoxy) is 1. The van der Waals surface area contributed by atoms with Gasteiger partial charge in [-0.15, -0.1) is 0 Å². The number of piperidine rings is 1. The van der Waals surface area contributed by atoms with Crippen LogP contribution in [0.5, 0.6) is 5.75 Å². The molecule has 1 saturated heterocycles. The van der Waals surface area contributed by atoms with Crippen LogP contribution in [0, 0.1) is 5.92 Å². The lowest BCUT2D eigenvalue weighted by Crippen LogP contribution is -3.12. The maximum Gasteiger partial charge on any atom is 0.375 e. The van der Waals surface area contributed by atoms with Crippen LogP contribution in [0.4, 0.5) is 0 Å². The smallest absolute Gasteiger partial charge is 0.375 e. The Morgan fingerprint density at radius 2 is 2.08 bits per heavy atom. The topological polar surface area (TPSA) is 102 Å². The van der Waals surface area contributed by atoms with Gasteiger partial charge in [0.25, 0.3) is 0 Å². The number of carbonyl (C=O) groups excluding carboxylic acids is 1. The Hall–Kier alpha value is -3.65. The molecule has 5 rings (SSSR count). The summed E-state index contributed by atoms with van der Waals surface area (Å²) in [4.78, 5) is 33.2. The number of nitrogens with one attached hydrogen (secondary N) is 1. The molecule has 4 aromatic rings. The van der Waals surface area contributed by atoms with E-state index in [4.69, 9.17) is 9.15 Å². The van der Waals surface area contributed by atoms with Crippen molar-refractivity contribution in [3.05, 3.63) is 57.4 Å². The van der Waals surface area contributed by atoms with E-state index in [0.717, 1.165) is 25.0 Å². The number of para-hydroxylation sites is 2. The summed E-state index contributed by atoms with van der Waals surface area (Å²) in [7, 11) is 1.80. The Morgan fingerprint density at radius 3 is 2.78 bits per heavy atom. The summed E-state index contributed by atoms with van der Waals surface area (Å²) in [6, 6.07) is 9.14. The number of carbonyl (C=O) groups is 1. The zero-order valence-electron chi connectivity index (χ0n) is 21.8. The summed E-state index contributed by atoms with van der Waals surface area (Å²) in [5, 5.41) is 13.8. The molecule has 1 fully saturated rings. The van der Waals surface area contributed by atoms with Gasteiger partial charge >= 0.3 is 5.97 Å². The lowest BCUT2D eigenvalue weighted by Gasteiger charge is -2.30. The van der Waals surface area contributed by atoms with Crippen LogP contribution in [-0.4, -0.2) is 35.2 Å². The molecule has 0 saturated carbocycles. The summed E-state index contributed by atoms with van der Waals surface area (Å²) in [5.41, 5.74) is 2.39. The van der Waals surface area contributed by atoms with E-state index in [1.807, 2.05) is 31.2 Å². The van der Waals surface area contributed by atoms with Gasteiger partial charge in [0.15, 0.2) is 0 Å². The van der Waals surface area contributed by atoms with Gasteiger partial charge < -0.3 is 23.7 Å². The lowest BCUT2D eigenvalue weighted by molar-refractivity contribution is -0.922. The molecule has 0 spiro atoms. The summed E-state index contributed by atoms with van der Waals surface area (Å²) >= 11 is 0. The first-order valence-corrected chi connectivity index (χ1v) is 13.1. The van der Waals surface area contributed by atoms with Crippen LogP contribution in [0.1, 0.15) is 55.3 Å². The van der Waals surface area contributed by atoms with Crippen LogP contribution in [0.3, 0.4) is 0 Å². The highest BCUT2D eigenvalue weighted by Gasteiger charge is 2.29. The minimum Gasteiger partial charge on any atom is -0.872 e. The molecule has 0 amide bonds. The number of imidazole rings is 1. The summed E-state index contributed by atoms with van der Waals surface area (Å²) < 4.78 is 13.3. The van der Waals surface area contributed by atoms with Crippen LogP contribution >= 0.6 is 0 Å². The molecule has 8 nitrogen and oxygen atoms in total. The minimum absolute atomic E-state index is 0.0512. The molecule has 2 unspecified atom stereocenters. The van der Waals surface area contributed by atoms with Crippen molar-refractivity contribution in [3.63, 3.8) is 0 Å². The molecule has 1 N–H and O–H groups in total. The van der Waals surface area contributed by atoms with Crippen LogP contribution < -0.4 is 15.4 Å². The van der Waals surface area contributed by atoms with Gasteiger partial charge in [-0.2, -0.15) is 0 Å². The molecule has 0 aliphatic carbocycles. The summed E-state index contributed by atoms with van der Waals surface area (Å²) in [6.07, 6.45) is 2.76. The molecule has 3 heterocycles. The monoisotopic (exact) mass is 503 g/mol. The van der Waals surface area contributed by atoms with Crippen molar-refractivity contribution in [2.75, 3.05) is 19.7 Å². The van der Waals surface area contributed by atoms with Crippen molar-refractivity contribution < 1.29 is 24.0 Å². The summed E-state index contributed by atoms with van der Waals surface area (Å²) in [5.74, 6) is -0.203. The highest BCUT2D eigenvalue weighted by Crippen LogP contribution is 2.33. The lowest BCUT2D eigenvalue weighted by atomic mass is 9.97. The number of hydrogen-bond donors (Lipinski definition) is 1. The van der Waals surface area contributed by atoms with Crippen molar-refractivity contribution in [2.45, 2.75) is 46.6 Å². The normalized spacial score (nSPS) is 17.9. The molecule has 2 aromatic heterocycles. The van der Waals surface area contributed by atoms with Gasteiger partial charge in [0.1, 0.15) is 23.5 Å². The average Bonchev–Trinajstić information content (AvgIpc) is 3.21. The van der Waals surface area contributed by atoms with E-state index in [-0.39, 0.29) is 34.7 Å². The molecular formula is C29H33N3O5. The number of esters is 1. The number of fused-ring (bicyclic) bond motifs is 2. The zero-order chi connectivity index (χ0) is 26.3. The van der Waals surface area contributed by atoms with Gasteiger partial charge in [-0.3, -0.25) is 4.79 Å². The molecule has 194 valence electrons. The Bertz CT molecular complexity index is 1550. The van der Waals surface area contributed by atoms with Crippen molar-refractivity contribution in [1.29, 1.82) is 0 Å². The first-order chi connectivity index (χ1) is 17.8. The number of hydrogen-bond acceptors (Lipinski definition) is 6. The second-order valence-electron chi connectivity index (χ2n) is 10.0. The van der Waals surface area contributed by atoms with E-state index in [0.29, 0.717) is 46.7 Å². The predicted octanol–water partition coefficient (Wildman–Crippen LogP) is 2.97. The third kappa shape index (κ3) is 4.39. The first-order valence-electron chi connectivity index (χ1n) is 13.1. The fourth-order valence-electron chi connectivity index (χ4n) is 5.58. The zero-order valence-corrected chi connectivity index (χ0v) is 21.8. The number of benzene rings is 2. The molecule has 0 radical (unpaired) electrons. The Kier molecular flexibility index (Phi) is 6.77. The predicted molar refractivity (Wildman–Crippen MR) is 140 cm³/mol. The Labute approximate surface area is 215 Å². The number of rotatable bonds is 6. The van der Waals surface area contributed by atoms with E-state index in [1.165, 1.54) is 11.3 Å². The highest BCUT2D eigenvalue weighted by molar-refractivity contribution is 5.98. The van der Waals surface area contributed by atoms with Gasteiger partial charge in [-0.25, -0.2) is 9.78 Å². The van der Waals surface area contributed by atoms with Crippen molar-refractivity contribution in [2.24, 2.45) is 13.0 Å². The van der Waals surface area contributed by atoms with E-state index < -0.39 is 5.97 Å². The maximum absolute atomic E-state index is 14.1. The van der Waals surface area contributed by atoms with E-state index in [1.54, 1.807) is 24.6 Å². The SMILES string of the molecule is CCOC(=O)c1oc2c(C[NH+]3CCCC(C)C3)c([O-])c(CC)cc2c(=O)c1-c1nc2ccccc2n1C. The Morgan fingerprint density at radius 1 is 1.30 bits per heavy atom. The van der Waals surface area contributed by atoms with Crippen molar-refractivity contribution in [3.8, 4) is 17.1 Å². The van der Waals surface area contributed by atoms with Gasteiger partial charge in [0.05, 0.1) is 36.1 Å². The maximum atomic E-state index is 14.1. The van der Waals surface area contributed by atoms with E-state index in [2.05, 4.69) is 11.9 Å². The van der Waals surface area contributed by atoms with Crippen LogP contribution in [0.2, 0.25) is 0 Å². The van der Waals surface area contributed by atoms with E-state index >= 15 is 0 Å². The third-order valence-electron chi connectivity index (χ3n) is 7.45. The minimum atomic E-state index is -0.750. The second-order valence-corrected chi connectivity index (χ2v) is 10.0. The van der Waals surface area contributed by atoms with Gasteiger partial charge in [-0.05, 0) is 44.4 Å². The number of nitrogens with zero attached hydrogens (tertiary/aromatic N) is 2. The standard InChI is InChI=1S/C29H33N3O5/c1-5-18-14-19-25(34)23(28-30-21-11-7-8-12-22(21)31(28)4)27(29(35)36-6-2)37-26(19)20(24(18)33)16-32-13-9-10-17(3)15-32/h7-8,11-12,14,17,33H,5-6,9-10,13,15-16H2,1-4H3. The highest BCUT2D eigenvalue weighted by atomic mass is 16.5. The summed E-state index contributed by atoms with van der Waals surface area (Å²) in [6.45, 7) is 8.29. The molecule has 8 heteroatoms. The molecule has 2 atom stereocenters. The van der Waals surface area contributed by atoms with Crippen molar-refractivity contribution in [1.82, 2.24) is 9.55 Å². The number of quaternary nitrogens is 1.